The molecule has 0 aromatic rings. The highest BCUT2D eigenvalue weighted by atomic mass is 16.3. The second kappa shape index (κ2) is 8.57. The third-order valence-electron chi connectivity index (χ3n) is 11.3. The summed E-state index contributed by atoms with van der Waals surface area (Å²) in [7, 11) is 0. The molecule has 4 aliphatic carbocycles. The van der Waals surface area contributed by atoms with E-state index in [9.17, 15) is 5.11 Å². The van der Waals surface area contributed by atoms with Gasteiger partial charge >= 0.3 is 0 Å². The van der Waals surface area contributed by atoms with E-state index in [-0.39, 0.29) is 6.10 Å². The number of fused-ring (bicyclic) bond motifs is 5. The zero-order valence-corrected chi connectivity index (χ0v) is 20.9. The Morgan fingerprint density at radius 3 is 2.27 bits per heavy atom. The molecule has 0 radical (unpaired) electrons. The highest BCUT2D eigenvalue weighted by Crippen LogP contribution is 2.68. The molecule has 0 amide bonds. The number of rotatable bonds is 5. The highest BCUT2D eigenvalue weighted by Gasteiger charge is 2.60. The fourth-order valence-electron chi connectivity index (χ4n) is 9.42. The van der Waals surface area contributed by atoms with E-state index in [0.29, 0.717) is 10.8 Å². The summed E-state index contributed by atoms with van der Waals surface area (Å²) in [5.41, 5.74) is 1.07. The maximum Gasteiger partial charge on any atom is 0.0543 e. The van der Waals surface area contributed by atoms with Crippen LogP contribution in [0.1, 0.15) is 106 Å². The van der Waals surface area contributed by atoms with Crippen LogP contribution in [0.3, 0.4) is 0 Å². The fraction of sp³-hybridized carbons (Fsp3) is 0.931. The summed E-state index contributed by atoms with van der Waals surface area (Å²) in [6.07, 6.45) is 18.5. The summed E-state index contributed by atoms with van der Waals surface area (Å²) in [6, 6.07) is 0. The third-order valence-corrected chi connectivity index (χ3v) is 11.3. The first-order chi connectivity index (χ1) is 14.2. The first-order valence-electron chi connectivity index (χ1n) is 13.6. The van der Waals surface area contributed by atoms with Crippen LogP contribution in [0.2, 0.25) is 0 Å². The maximum atomic E-state index is 10.3. The Morgan fingerprint density at radius 1 is 0.867 bits per heavy atom. The molecule has 0 spiro atoms. The number of aliphatic hydroxyl groups excluding tert-OH is 1. The van der Waals surface area contributed by atoms with Crippen molar-refractivity contribution in [2.75, 3.05) is 0 Å². The molecule has 1 N–H and O–H groups in total. The van der Waals surface area contributed by atoms with Gasteiger partial charge in [0.2, 0.25) is 0 Å². The standard InChI is InChI=1S/C29H50O/c1-7-21(19(2)3)9-8-20(4)25-12-13-26-24-11-10-22-18-23(30)14-16-28(22,5)27(24)15-17-29(25,26)6/h8-9,19-27,30H,7,10-18H2,1-6H3/b9-8+/t20-,21+,22+,23+,24-,25-,26+,27-,28-,29+/m0/s1. The largest absolute Gasteiger partial charge is 0.393 e. The molecule has 10 atom stereocenters. The van der Waals surface area contributed by atoms with Crippen molar-refractivity contribution in [1.82, 2.24) is 0 Å². The monoisotopic (exact) mass is 414 g/mol. The Kier molecular flexibility index (Phi) is 6.53. The van der Waals surface area contributed by atoms with E-state index in [4.69, 9.17) is 0 Å². The Labute approximate surface area is 187 Å². The molecule has 0 heterocycles. The van der Waals surface area contributed by atoms with Crippen molar-refractivity contribution in [1.29, 1.82) is 0 Å². The van der Waals surface area contributed by atoms with Gasteiger partial charge in [0.15, 0.2) is 0 Å². The van der Waals surface area contributed by atoms with E-state index >= 15 is 0 Å². The molecular formula is C29H50O. The van der Waals surface area contributed by atoms with Crippen molar-refractivity contribution in [2.45, 2.75) is 112 Å². The fourth-order valence-corrected chi connectivity index (χ4v) is 9.42. The molecule has 0 bridgehead atoms. The first-order valence-corrected chi connectivity index (χ1v) is 13.6. The molecule has 4 saturated carbocycles. The van der Waals surface area contributed by atoms with E-state index in [1.54, 1.807) is 0 Å². The van der Waals surface area contributed by atoms with Crippen LogP contribution >= 0.6 is 0 Å². The van der Waals surface area contributed by atoms with E-state index in [0.717, 1.165) is 60.2 Å². The maximum absolute atomic E-state index is 10.3. The minimum absolute atomic E-state index is 0.0187. The van der Waals surface area contributed by atoms with Gasteiger partial charge in [-0.25, -0.2) is 0 Å². The van der Waals surface area contributed by atoms with Crippen molar-refractivity contribution in [2.24, 2.45) is 58.2 Å². The van der Waals surface area contributed by atoms with Gasteiger partial charge in [0.1, 0.15) is 0 Å². The number of hydrogen-bond donors (Lipinski definition) is 1. The molecule has 4 rings (SSSR count). The van der Waals surface area contributed by atoms with Crippen LogP contribution in [0, 0.1) is 58.2 Å². The second-order valence-electron chi connectivity index (χ2n) is 12.9. The van der Waals surface area contributed by atoms with Gasteiger partial charge in [0.05, 0.1) is 6.10 Å². The van der Waals surface area contributed by atoms with Gasteiger partial charge < -0.3 is 5.11 Å². The second-order valence-corrected chi connectivity index (χ2v) is 12.9. The van der Waals surface area contributed by atoms with Crippen molar-refractivity contribution in [3.8, 4) is 0 Å². The number of allylic oxidation sites excluding steroid dienone is 2. The average Bonchev–Trinajstić information content (AvgIpc) is 3.06. The highest BCUT2D eigenvalue weighted by molar-refractivity contribution is 5.11. The van der Waals surface area contributed by atoms with Gasteiger partial charge in [-0.2, -0.15) is 0 Å². The van der Waals surface area contributed by atoms with E-state index < -0.39 is 0 Å². The normalized spacial score (nSPS) is 48.3. The van der Waals surface area contributed by atoms with E-state index in [1.807, 2.05) is 0 Å². The smallest absolute Gasteiger partial charge is 0.0543 e. The Morgan fingerprint density at radius 2 is 1.57 bits per heavy atom. The van der Waals surface area contributed by atoms with Crippen molar-refractivity contribution >= 4 is 0 Å². The molecule has 1 nitrogen and oxygen atoms in total. The Balaban J connectivity index is 1.49. The quantitative estimate of drug-likeness (QED) is 0.454. The number of hydrogen-bond acceptors (Lipinski definition) is 1. The van der Waals surface area contributed by atoms with Crippen LogP contribution in [-0.4, -0.2) is 11.2 Å². The molecule has 0 aromatic carbocycles. The van der Waals surface area contributed by atoms with Gasteiger partial charge in [-0.1, -0.05) is 53.7 Å². The average molecular weight is 415 g/mol. The predicted octanol–water partition coefficient (Wildman–Crippen LogP) is 7.88. The van der Waals surface area contributed by atoms with Gasteiger partial charge in [0, 0.05) is 0 Å². The first kappa shape index (κ1) is 22.9. The predicted molar refractivity (Wildman–Crippen MR) is 128 cm³/mol. The summed E-state index contributed by atoms with van der Waals surface area (Å²) in [4.78, 5) is 0. The molecule has 172 valence electrons. The third kappa shape index (κ3) is 3.74. The lowest BCUT2D eigenvalue weighted by atomic mass is 9.44. The summed E-state index contributed by atoms with van der Waals surface area (Å²) in [5.74, 6) is 6.72. The van der Waals surface area contributed by atoms with Gasteiger partial charge in [-0.05, 0) is 122 Å². The Hall–Kier alpha value is -0.300. The van der Waals surface area contributed by atoms with Gasteiger partial charge in [-0.15, -0.1) is 0 Å². The van der Waals surface area contributed by atoms with Crippen LogP contribution in [0.5, 0.6) is 0 Å². The number of aliphatic hydroxyl groups is 1. The van der Waals surface area contributed by atoms with Crippen LogP contribution in [0.15, 0.2) is 12.2 Å². The molecular weight excluding hydrogens is 364 g/mol. The molecule has 4 fully saturated rings. The molecule has 0 aliphatic heterocycles. The summed E-state index contributed by atoms with van der Waals surface area (Å²) < 4.78 is 0. The summed E-state index contributed by atoms with van der Waals surface area (Å²) in [5, 5.41) is 10.3. The van der Waals surface area contributed by atoms with Crippen LogP contribution < -0.4 is 0 Å². The van der Waals surface area contributed by atoms with Gasteiger partial charge in [0.25, 0.3) is 0 Å². The summed E-state index contributed by atoms with van der Waals surface area (Å²) >= 11 is 0. The lowest BCUT2D eigenvalue weighted by Gasteiger charge is -2.61. The molecule has 30 heavy (non-hydrogen) atoms. The zero-order valence-electron chi connectivity index (χ0n) is 20.9. The SMILES string of the molecule is CC[C@H](/C=C/[C@H](C)[C@@H]1CC[C@@H]2[C@@H]3CC[C@@H]4C[C@H](O)CC[C@]4(C)[C@H]3CC[C@@]21C)C(C)C. The zero-order chi connectivity index (χ0) is 21.7. The molecule has 0 saturated heterocycles. The minimum Gasteiger partial charge on any atom is -0.393 e. The van der Waals surface area contributed by atoms with E-state index in [2.05, 4.69) is 53.7 Å². The van der Waals surface area contributed by atoms with Crippen LogP contribution in [0.4, 0.5) is 0 Å². The lowest BCUT2D eigenvalue weighted by Crippen LogP contribution is -2.54. The molecule has 1 heteroatoms. The van der Waals surface area contributed by atoms with Crippen LogP contribution in [0.25, 0.3) is 0 Å². The lowest BCUT2D eigenvalue weighted by molar-refractivity contribution is -0.128. The molecule has 0 unspecified atom stereocenters. The molecule has 4 aliphatic rings. The van der Waals surface area contributed by atoms with Gasteiger partial charge in [-0.3, -0.25) is 0 Å². The minimum atomic E-state index is -0.0187. The summed E-state index contributed by atoms with van der Waals surface area (Å²) in [6.45, 7) is 14.9. The van der Waals surface area contributed by atoms with Crippen LogP contribution in [-0.2, 0) is 0 Å². The van der Waals surface area contributed by atoms with Crippen molar-refractivity contribution in [3.63, 3.8) is 0 Å². The van der Waals surface area contributed by atoms with E-state index in [1.165, 1.54) is 51.4 Å². The topological polar surface area (TPSA) is 20.2 Å². The van der Waals surface area contributed by atoms with Crippen molar-refractivity contribution < 1.29 is 5.11 Å². The molecule has 0 aromatic heterocycles. The Bertz CT molecular complexity index is 622. The van der Waals surface area contributed by atoms with Crippen molar-refractivity contribution in [3.05, 3.63) is 12.2 Å².